The van der Waals surface area contributed by atoms with Crippen molar-refractivity contribution in [3.8, 4) is 5.75 Å². The van der Waals surface area contributed by atoms with Crippen LogP contribution in [0.3, 0.4) is 0 Å². The van der Waals surface area contributed by atoms with Crippen molar-refractivity contribution in [2.45, 2.75) is 0 Å². The third-order valence-electron chi connectivity index (χ3n) is 3.01. The van der Waals surface area contributed by atoms with Crippen molar-refractivity contribution in [1.29, 1.82) is 0 Å². The highest BCUT2D eigenvalue weighted by Crippen LogP contribution is 2.13. The summed E-state index contributed by atoms with van der Waals surface area (Å²) in [5, 5.41) is 2.66. The van der Waals surface area contributed by atoms with Crippen LogP contribution < -0.4 is 10.1 Å². The van der Waals surface area contributed by atoms with Crippen molar-refractivity contribution in [2.75, 3.05) is 26.0 Å². The molecule has 5 nitrogen and oxygen atoms in total. The molecule has 0 unspecified atom stereocenters. The molecule has 0 bridgehead atoms. The van der Waals surface area contributed by atoms with E-state index in [2.05, 4.69) is 5.32 Å². The van der Waals surface area contributed by atoms with Gasteiger partial charge in [0.2, 0.25) is 0 Å². The molecule has 0 saturated carbocycles. The molecule has 2 amide bonds. The molecule has 0 radical (unpaired) electrons. The molecule has 0 aliphatic carbocycles. The second-order valence-corrected chi connectivity index (χ2v) is 5.07. The van der Waals surface area contributed by atoms with Crippen LogP contribution in [-0.4, -0.2) is 37.4 Å². The third kappa shape index (κ3) is 4.81. The van der Waals surface area contributed by atoms with Gasteiger partial charge in [-0.15, -0.1) is 0 Å². The van der Waals surface area contributed by atoms with Gasteiger partial charge in [-0.2, -0.15) is 0 Å². The van der Waals surface area contributed by atoms with Gasteiger partial charge in [-0.3, -0.25) is 9.59 Å². The van der Waals surface area contributed by atoms with E-state index in [9.17, 15) is 14.0 Å². The van der Waals surface area contributed by atoms with Gasteiger partial charge in [0.05, 0.1) is 0 Å². The number of rotatable bonds is 5. The Morgan fingerprint density at radius 2 is 1.65 bits per heavy atom. The maximum Gasteiger partial charge on any atom is 0.262 e. The second kappa shape index (κ2) is 7.40. The minimum Gasteiger partial charge on any atom is -0.484 e. The van der Waals surface area contributed by atoms with Crippen molar-refractivity contribution < 1.29 is 18.7 Å². The molecule has 0 aromatic heterocycles. The molecule has 2 aromatic carbocycles. The number of hydrogen-bond acceptors (Lipinski definition) is 3. The van der Waals surface area contributed by atoms with Crippen LogP contribution in [-0.2, 0) is 4.79 Å². The number of carbonyl (C=O) groups is 2. The molecule has 2 aromatic rings. The number of benzene rings is 2. The van der Waals surface area contributed by atoms with Crippen LogP contribution >= 0.6 is 0 Å². The summed E-state index contributed by atoms with van der Waals surface area (Å²) in [4.78, 5) is 25.0. The summed E-state index contributed by atoms with van der Waals surface area (Å²) in [5.74, 6) is -0.411. The Labute approximate surface area is 133 Å². The monoisotopic (exact) mass is 316 g/mol. The van der Waals surface area contributed by atoms with Crippen molar-refractivity contribution in [3.63, 3.8) is 0 Å². The van der Waals surface area contributed by atoms with E-state index in [-0.39, 0.29) is 24.2 Å². The first kappa shape index (κ1) is 16.5. The molecule has 0 heterocycles. The first-order valence-corrected chi connectivity index (χ1v) is 6.95. The van der Waals surface area contributed by atoms with E-state index in [0.29, 0.717) is 17.0 Å². The lowest BCUT2D eigenvalue weighted by Gasteiger charge is -2.11. The van der Waals surface area contributed by atoms with E-state index in [1.54, 1.807) is 38.4 Å². The van der Waals surface area contributed by atoms with Gasteiger partial charge in [-0.25, -0.2) is 4.39 Å². The fourth-order valence-electron chi connectivity index (χ4n) is 1.83. The normalized spacial score (nSPS) is 10.0. The van der Waals surface area contributed by atoms with E-state index in [1.165, 1.54) is 29.2 Å². The highest BCUT2D eigenvalue weighted by atomic mass is 19.1. The largest absolute Gasteiger partial charge is 0.484 e. The minimum atomic E-state index is -0.367. The SMILES string of the molecule is CN(C)C(=O)c1ccc(NC(=O)COc2ccc(F)cc2)cc1. The van der Waals surface area contributed by atoms with Crippen molar-refractivity contribution >= 4 is 17.5 Å². The van der Waals surface area contributed by atoms with Crippen LogP contribution in [0, 0.1) is 5.82 Å². The first-order chi connectivity index (χ1) is 11.0. The number of amides is 2. The quantitative estimate of drug-likeness (QED) is 0.922. The minimum absolute atomic E-state index is 0.109. The topological polar surface area (TPSA) is 58.6 Å². The summed E-state index contributed by atoms with van der Waals surface area (Å²) in [5.41, 5.74) is 1.10. The second-order valence-electron chi connectivity index (χ2n) is 5.07. The molecule has 6 heteroatoms. The molecule has 0 aliphatic rings. The van der Waals surface area contributed by atoms with Crippen molar-refractivity contribution in [2.24, 2.45) is 0 Å². The Hall–Kier alpha value is -2.89. The average Bonchev–Trinajstić information content (AvgIpc) is 2.54. The predicted molar refractivity (Wildman–Crippen MR) is 85.0 cm³/mol. The zero-order valence-corrected chi connectivity index (χ0v) is 12.9. The highest BCUT2D eigenvalue weighted by molar-refractivity contribution is 5.95. The number of ether oxygens (including phenoxy) is 1. The zero-order valence-electron chi connectivity index (χ0n) is 12.9. The molecule has 0 spiro atoms. The number of halogens is 1. The van der Waals surface area contributed by atoms with Crippen LogP contribution in [0.25, 0.3) is 0 Å². The van der Waals surface area contributed by atoms with Crippen LogP contribution in [0.4, 0.5) is 10.1 Å². The summed E-state index contributed by atoms with van der Waals surface area (Å²) in [6, 6.07) is 12.0. The summed E-state index contributed by atoms with van der Waals surface area (Å²) < 4.78 is 18.0. The summed E-state index contributed by atoms with van der Waals surface area (Å²) >= 11 is 0. The Bertz CT molecular complexity index is 682. The van der Waals surface area contributed by atoms with Gasteiger partial charge in [-0.1, -0.05) is 0 Å². The Morgan fingerprint density at radius 3 is 2.22 bits per heavy atom. The lowest BCUT2D eigenvalue weighted by molar-refractivity contribution is -0.118. The average molecular weight is 316 g/mol. The number of anilines is 1. The summed E-state index contributed by atoms with van der Waals surface area (Å²) in [7, 11) is 3.34. The van der Waals surface area contributed by atoms with E-state index in [4.69, 9.17) is 4.74 Å². The van der Waals surface area contributed by atoms with E-state index >= 15 is 0 Å². The lowest BCUT2D eigenvalue weighted by Crippen LogP contribution is -2.22. The number of nitrogens with zero attached hydrogens (tertiary/aromatic N) is 1. The molecular formula is C17H17FN2O3. The van der Waals surface area contributed by atoms with Crippen LogP contribution in [0.15, 0.2) is 48.5 Å². The van der Waals surface area contributed by atoms with Crippen LogP contribution in [0.1, 0.15) is 10.4 Å². The van der Waals surface area contributed by atoms with Crippen LogP contribution in [0.5, 0.6) is 5.75 Å². The van der Waals surface area contributed by atoms with Crippen LogP contribution in [0.2, 0.25) is 0 Å². The van der Waals surface area contributed by atoms with Gasteiger partial charge in [0.15, 0.2) is 6.61 Å². The van der Waals surface area contributed by atoms with Gasteiger partial charge in [0, 0.05) is 25.3 Å². The fourth-order valence-corrected chi connectivity index (χ4v) is 1.83. The Kier molecular flexibility index (Phi) is 5.30. The zero-order chi connectivity index (χ0) is 16.8. The van der Waals surface area contributed by atoms with Gasteiger partial charge >= 0.3 is 0 Å². The number of nitrogens with one attached hydrogen (secondary N) is 1. The van der Waals surface area contributed by atoms with Crippen molar-refractivity contribution in [3.05, 3.63) is 59.9 Å². The number of carbonyl (C=O) groups excluding carboxylic acids is 2. The molecule has 120 valence electrons. The maximum absolute atomic E-state index is 12.8. The van der Waals surface area contributed by atoms with E-state index < -0.39 is 0 Å². The molecular weight excluding hydrogens is 299 g/mol. The Morgan fingerprint density at radius 1 is 1.04 bits per heavy atom. The standard InChI is InChI=1S/C17H17FN2O3/c1-20(2)17(22)12-3-7-14(8-4-12)19-16(21)11-23-15-9-5-13(18)6-10-15/h3-10H,11H2,1-2H3,(H,19,21). The molecule has 0 saturated heterocycles. The predicted octanol–water partition coefficient (Wildman–Crippen LogP) is 2.55. The van der Waals surface area contributed by atoms with E-state index in [0.717, 1.165) is 0 Å². The first-order valence-electron chi connectivity index (χ1n) is 6.95. The van der Waals surface area contributed by atoms with Gasteiger partial charge in [0.1, 0.15) is 11.6 Å². The van der Waals surface area contributed by atoms with Crippen molar-refractivity contribution in [1.82, 2.24) is 4.90 Å². The maximum atomic E-state index is 12.8. The van der Waals surface area contributed by atoms with Gasteiger partial charge in [0.25, 0.3) is 11.8 Å². The molecule has 23 heavy (non-hydrogen) atoms. The van der Waals surface area contributed by atoms with Gasteiger partial charge < -0.3 is 15.0 Å². The summed E-state index contributed by atoms with van der Waals surface area (Å²) in [6.07, 6.45) is 0. The molecule has 0 fully saturated rings. The molecule has 1 N–H and O–H groups in total. The molecule has 0 aliphatic heterocycles. The Balaban J connectivity index is 1.87. The van der Waals surface area contributed by atoms with Gasteiger partial charge in [-0.05, 0) is 48.5 Å². The smallest absolute Gasteiger partial charge is 0.262 e. The number of hydrogen-bond donors (Lipinski definition) is 1. The third-order valence-corrected chi connectivity index (χ3v) is 3.01. The lowest BCUT2D eigenvalue weighted by atomic mass is 10.2. The fraction of sp³-hybridized carbons (Fsp3) is 0.176. The molecule has 0 atom stereocenters. The molecule has 2 rings (SSSR count). The summed E-state index contributed by atoms with van der Waals surface area (Å²) in [6.45, 7) is -0.190. The highest BCUT2D eigenvalue weighted by Gasteiger charge is 2.08. The van der Waals surface area contributed by atoms with E-state index in [1.807, 2.05) is 0 Å².